The summed E-state index contributed by atoms with van der Waals surface area (Å²) in [5, 5.41) is 25.4. The normalized spacial score (nSPS) is 10.4. The van der Waals surface area contributed by atoms with Crippen molar-refractivity contribution in [1.29, 1.82) is 0 Å². The topological polar surface area (TPSA) is 142 Å². The third kappa shape index (κ3) is 2.95. The number of nitro benzene ring substituents is 1. The number of anilines is 1. The summed E-state index contributed by atoms with van der Waals surface area (Å²) in [6.45, 7) is 1.83. The fourth-order valence-electron chi connectivity index (χ4n) is 1.92. The molecule has 0 amide bonds. The fourth-order valence-corrected chi connectivity index (χ4v) is 1.92. The molecule has 10 heteroatoms. The Bertz CT molecular complexity index is 711. The summed E-state index contributed by atoms with van der Waals surface area (Å²) in [4.78, 5) is 20.4. The Morgan fingerprint density at radius 1 is 1.33 bits per heavy atom. The van der Waals surface area contributed by atoms with E-state index in [-0.39, 0.29) is 23.7 Å². The van der Waals surface area contributed by atoms with Gasteiger partial charge in [-0.1, -0.05) is 6.07 Å². The van der Waals surface area contributed by atoms with E-state index in [1.54, 1.807) is 13.0 Å². The Morgan fingerprint density at radius 2 is 2.05 bits per heavy atom. The van der Waals surface area contributed by atoms with E-state index in [0.29, 0.717) is 11.1 Å². The van der Waals surface area contributed by atoms with Crippen molar-refractivity contribution in [2.24, 2.45) is 5.84 Å². The number of nitrogens with two attached hydrogens (primary N) is 1. The summed E-state index contributed by atoms with van der Waals surface area (Å²) in [6, 6.07) is 4.36. The van der Waals surface area contributed by atoms with E-state index >= 15 is 0 Å². The predicted molar refractivity (Wildman–Crippen MR) is 73.6 cm³/mol. The quantitative estimate of drug-likeness (QED) is 0.481. The molecule has 3 N–H and O–H groups in total. The van der Waals surface area contributed by atoms with Crippen molar-refractivity contribution in [3.63, 3.8) is 0 Å². The predicted octanol–water partition coefficient (Wildman–Crippen LogP) is 1.34. The zero-order valence-electron chi connectivity index (χ0n) is 11.0. The molecule has 0 unspecified atom stereocenters. The minimum absolute atomic E-state index is 0.149. The van der Waals surface area contributed by atoms with Crippen LogP contribution in [0.2, 0.25) is 0 Å². The lowest BCUT2D eigenvalue weighted by Gasteiger charge is -2.04. The highest BCUT2D eigenvalue weighted by Crippen LogP contribution is 2.25. The van der Waals surface area contributed by atoms with Gasteiger partial charge in [-0.2, -0.15) is 4.68 Å². The molecular weight excluding hydrogens is 280 g/mol. The fraction of sp³-hybridized carbons (Fsp3) is 0.182. The van der Waals surface area contributed by atoms with Gasteiger partial charge in [0.05, 0.1) is 28.3 Å². The average molecular weight is 292 g/mol. The second-order valence-electron chi connectivity index (χ2n) is 4.34. The summed E-state index contributed by atoms with van der Waals surface area (Å²) < 4.78 is 1.40. The van der Waals surface area contributed by atoms with Crippen LogP contribution in [0.3, 0.4) is 0 Å². The van der Waals surface area contributed by atoms with Crippen molar-refractivity contribution in [3.05, 3.63) is 55.8 Å². The van der Waals surface area contributed by atoms with Gasteiger partial charge in [0.15, 0.2) is 0 Å². The summed E-state index contributed by atoms with van der Waals surface area (Å²) in [5.41, 5.74) is 3.39. The minimum Gasteiger partial charge on any atom is -0.358 e. The van der Waals surface area contributed by atoms with Gasteiger partial charge < -0.3 is 15.5 Å². The van der Waals surface area contributed by atoms with Crippen molar-refractivity contribution in [2.45, 2.75) is 13.5 Å². The van der Waals surface area contributed by atoms with Crippen molar-refractivity contribution in [2.75, 3.05) is 5.43 Å². The monoisotopic (exact) mass is 292 g/mol. The maximum atomic E-state index is 10.8. The molecule has 0 bridgehead atoms. The van der Waals surface area contributed by atoms with E-state index in [4.69, 9.17) is 5.84 Å². The van der Waals surface area contributed by atoms with Gasteiger partial charge >= 0.3 is 5.82 Å². The summed E-state index contributed by atoms with van der Waals surface area (Å²) in [6.07, 6.45) is 1.54. The standard InChI is InChI=1S/C11H12N6O4/c1-7-5-15(14-11(7)17(20)21)6-8-2-3-10(16(18)19)9(4-8)13-12/h2-5,13H,6,12H2,1H3. The molecule has 0 atom stereocenters. The molecule has 0 saturated carbocycles. The van der Waals surface area contributed by atoms with E-state index < -0.39 is 9.85 Å². The third-order valence-corrected chi connectivity index (χ3v) is 2.85. The summed E-state index contributed by atoms with van der Waals surface area (Å²) in [5.74, 6) is 5.04. The number of aromatic nitrogens is 2. The number of nitrogen functional groups attached to an aromatic ring is 1. The SMILES string of the molecule is Cc1cn(Cc2ccc([N+](=O)[O-])c(NN)c2)nc1[N+](=O)[O-]. The molecule has 2 aromatic rings. The molecule has 0 spiro atoms. The van der Waals surface area contributed by atoms with Crippen molar-refractivity contribution < 1.29 is 9.85 Å². The highest BCUT2D eigenvalue weighted by atomic mass is 16.6. The van der Waals surface area contributed by atoms with Crippen LogP contribution in [-0.4, -0.2) is 19.6 Å². The molecule has 0 radical (unpaired) electrons. The van der Waals surface area contributed by atoms with Crippen LogP contribution in [0.5, 0.6) is 0 Å². The number of nitro groups is 2. The number of rotatable bonds is 5. The Morgan fingerprint density at radius 3 is 2.57 bits per heavy atom. The first-order chi connectivity index (χ1) is 9.92. The van der Waals surface area contributed by atoms with Gasteiger partial charge in [0.25, 0.3) is 5.69 Å². The maximum Gasteiger partial charge on any atom is 0.392 e. The lowest BCUT2D eigenvalue weighted by atomic mass is 10.1. The first kappa shape index (κ1) is 14.4. The number of hydrazine groups is 1. The Labute approximate surface area is 118 Å². The zero-order chi connectivity index (χ0) is 15.6. The molecule has 0 saturated heterocycles. The average Bonchev–Trinajstić information content (AvgIpc) is 2.79. The minimum atomic E-state index is -0.561. The molecule has 0 aliphatic rings. The van der Waals surface area contributed by atoms with Crippen LogP contribution in [0.1, 0.15) is 11.1 Å². The van der Waals surface area contributed by atoms with Gasteiger partial charge in [-0.3, -0.25) is 16.0 Å². The van der Waals surface area contributed by atoms with Crippen LogP contribution in [-0.2, 0) is 6.54 Å². The lowest BCUT2D eigenvalue weighted by molar-refractivity contribution is -0.390. The van der Waals surface area contributed by atoms with Gasteiger partial charge in [0, 0.05) is 6.07 Å². The van der Waals surface area contributed by atoms with Crippen molar-refractivity contribution in [1.82, 2.24) is 9.78 Å². The largest absolute Gasteiger partial charge is 0.392 e. The second kappa shape index (κ2) is 5.54. The van der Waals surface area contributed by atoms with E-state index in [1.807, 2.05) is 0 Å². The smallest absolute Gasteiger partial charge is 0.358 e. The van der Waals surface area contributed by atoms with Crippen LogP contribution >= 0.6 is 0 Å². The highest BCUT2D eigenvalue weighted by Gasteiger charge is 2.18. The van der Waals surface area contributed by atoms with Gasteiger partial charge in [-0.25, -0.2) is 0 Å². The number of hydrogen-bond acceptors (Lipinski definition) is 7. The molecule has 110 valence electrons. The number of hydrogen-bond donors (Lipinski definition) is 2. The Balaban J connectivity index is 2.30. The summed E-state index contributed by atoms with van der Waals surface area (Å²) in [7, 11) is 0. The lowest BCUT2D eigenvalue weighted by Crippen LogP contribution is -2.10. The number of benzene rings is 1. The van der Waals surface area contributed by atoms with Crippen molar-refractivity contribution >= 4 is 17.2 Å². The van der Waals surface area contributed by atoms with Crippen LogP contribution in [0.4, 0.5) is 17.2 Å². The number of aryl methyl sites for hydroxylation is 1. The van der Waals surface area contributed by atoms with Gasteiger partial charge in [0.2, 0.25) is 0 Å². The molecule has 0 aliphatic carbocycles. The Hall–Kier alpha value is -3.01. The molecule has 1 aromatic carbocycles. The Kier molecular flexibility index (Phi) is 3.80. The van der Waals surface area contributed by atoms with Crippen LogP contribution in [0, 0.1) is 27.2 Å². The van der Waals surface area contributed by atoms with E-state index in [2.05, 4.69) is 10.5 Å². The van der Waals surface area contributed by atoms with Crippen molar-refractivity contribution in [3.8, 4) is 0 Å². The molecule has 2 rings (SSSR count). The zero-order valence-corrected chi connectivity index (χ0v) is 11.0. The van der Waals surface area contributed by atoms with Crippen LogP contribution < -0.4 is 11.3 Å². The van der Waals surface area contributed by atoms with Gasteiger partial charge in [-0.05, 0) is 23.5 Å². The first-order valence-electron chi connectivity index (χ1n) is 5.84. The van der Waals surface area contributed by atoms with Gasteiger partial charge in [0.1, 0.15) is 5.69 Å². The molecule has 0 aliphatic heterocycles. The molecule has 1 heterocycles. The number of nitrogens with one attached hydrogen (secondary N) is 1. The number of nitrogens with zero attached hydrogens (tertiary/aromatic N) is 4. The highest BCUT2D eigenvalue weighted by molar-refractivity contribution is 5.62. The molecule has 10 nitrogen and oxygen atoms in total. The second-order valence-corrected chi connectivity index (χ2v) is 4.34. The molecule has 1 aromatic heterocycles. The summed E-state index contributed by atoms with van der Waals surface area (Å²) >= 11 is 0. The third-order valence-electron chi connectivity index (χ3n) is 2.85. The van der Waals surface area contributed by atoms with E-state index in [0.717, 1.165) is 0 Å². The first-order valence-corrected chi connectivity index (χ1v) is 5.84. The van der Waals surface area contributed by atoms with Gasteiger partial charge in [-0.15, -0.1) is 0 Å². The molecule has 0 fully saturated rings. The van der Waals surface area contributed by atoms with E-state index in [1.165, 1.54) is 23.0 Å². The molecular formula is C11H12N6O4. The van der Waals surface area contributed by atoms with Crippen LogP contribution in [0.25, 0.3) is 0 Å². The van der Waals surface area contributed by atoms with E-state index in [9.17, 15) is 20.2 Å². The molecule has 21 heavy (non-hydrogen) atoms. The maximum absolute atomic E-state index is 10.8. The van der Waals surface area contributed by atoms with Crippen LogP contribution in [0.15, 0.2) is 24.4 Å².